The van der Waals surface area contributed by atoms with Gasteiger partial charge in [0, 0.05) is 30.0 Å². The van der Waals surface area contributed by atoms with Crippen LogP contribution in [0.3, 0.4) is 0 Å². The minimum atomic E-state index is -3.53. The van der Waals surface area contributed by atoms with Crippen LogP contribution in [-0.4, -0.2) is 25.4 Å². The average Bonchev–Trinajstić information content (AvgIpc) is 2.99. The van der Waals surface area contributed by atoms with E-state index in [1.807, 2.05) is 5.38 Å². The van der Waals surface area contributed by atoms with Gasteiger partial charge in [0.25, 0.3) is 0 Å². The Morgan fingerprint density at radius 2 is 2.32 bits per heavy atom. The van der Waals surface area contributed by atoms with Crippen molar-refractivity contribution in [3.05, 3.63) is 34.5 Å². The fourth-order valence-electron chi connectivity index (χ4n) is 1.67. The highest BCUT2D eigenvalue weighted by molar-refractivity contribution is 7.89. The van der Waals surface area contributed by atoms with Gasteiger partial charge >= 0.3 is 0 Å². The highest BCUT2D eigenvalue weighted by Gasteiger charge is 2.20. The van der Waals surface area contributed by atoms with Crippen LogP contribution in [0.5, 0.6) is 0 Å². The lowest BCUT2D eigenvalue weighted by Gasteiger charge is -2.10. The predicted molar refractivity (Wildman–Crippen MR) is 74.4 cm³/mol. The second kappa shape index (κ2) is 5.83. The van der Waals surface area contributed by atoms with Gasteiger partial charge in [-0.1, -0.05) is 0 Å². The summed E-state index contributed by atoms with van der Waals surface area (Å²) >= 11 is 1.42. The summed E-state index contributed by atoms with van der Waals surface area (Å²) in [6.07, 6.45) is 3.15. The second-order valence-corrected chi connectivity index (χ2v) is 6.74. The number of aromatic amines is 1. The fraction of sp³-hybridized carbons (Fsp3) is 0.364. The van der Waals surface area contributed by atoms with Gasteiger partial charge in [-0.3, -0.25) is 0 Å². The van der Waals surface area contributed by atoms with E-state index in [-0.39, 0.29) is 10.9 Å². The van der Waals surface area contributed by atoms with Crippen LogP contribution < -0.4 is 10.0 Å². The Morgan fingerprint density at radius 3 is 2.95 bits per heavy atom. The van der Waals surface area contributed by atoms with Crippen molar-refractivity contribution < 1.29 is 8.42 Å². The first-order valence-corrected chi connectivity index (χ1v) is 8.13. The van der Waals surface area contributed by atoms with Gasteiger partial charge in [0.05, 0.1) is 10.9 Å². The predicted octanol–water partition coefficient (Wildman–Crippen LogP) is 1.23. The van der Waals surface area contributed by atoms with Gasteiger partial charge < -0.3 is 10.3 Å². The van der Waals surface area contributed by atoms with E-state index >= 15 is 0 Å². The first kappa shape index (κ1) is 14.2. The number of H-pyrrole nitrogens is 1. The molecule has 0 fully saturated rings. The molecule has 2 rings (SSSR count). The van der Waals surface area contributed by atoms with Gasteiger partial charge in [0.15, 0.2) is 0 Å². The minimum absolute atomic E-state index is 0.237. The topological polar surface area (TPSA) is 86.9 Å². The zero-order valence-corrected chi connectivity index (χ0v) is 12.3. The maximum Gasteiger partial charge on any atom is 0.242 e. The molecule has 3 N–H and O–H groups in total. The monoisotopic (exact) mass is 300 g/mol. The van der Waals surface area contributed by atoms with Crippen molar-refractivity contribution in [2.75, 3.05) is 7.05 Å². The van der Waals surface area contributed by atoms with Crippen LogP contribution >= 0.6 is 11.3 Å². The van der Waals surface area contributed by atoms with Crippen molar-refractivity contribution in [2.24, 2.45) is 0 Å². The molecule has 104 valence electrons. The van der Waals surface area contributed by atoms with E-state index in [1.165, 1.54) is 17.5 Å². The minimum Gasteiger partial charge on any atom is -0.363 e. The SMILES string of the molecule is CNCc1cc(S(=O)(=O)NC(C)c2nccs2)c[nH]1. The highest BCUT2D eigenvalue weighted by atomic mass is 32.2. The lowest BCUT2D eigenvalue weighted by Crippen LogP contribution is -2.26. The molecule has 0 spiro atoms. The molecule has 0 radical (unpaired) electrons. The molecular weight excluding hydrogens is 284 g/mol. The fourth-order valence-corrected chi connectivity index (χ4v) is 3.61. The van der Waals surface area contributed by atoms with Gasteiger partial charge in [-0.15, -0.1) is 11.3 Å². The van der Waals surface area contributed by atoms with E-state index in [4.69, 9.17) is 0 Å². The Balaban J connectivity index is 2.13. The maximum atomic E-state index is 12.2. The molecule has 0 aliphatic rings. The molecule has 6 nitrogen and oxygen atoms in total. The average molecular weight is 300 g/mol. The lowest BCUT2D eigenvalue weighted by molar-refractivity contribution is 0.566. The summed E-state index contributed by atoms with van der Waals surface area (Å²) in [6.45, 7) is 2.37. The van der Waals surface area contributed by atoms with E-state index in [0.29, 0.717) is 6.54 Å². The molecule has 0 aliphatic carbocycles. The summed E-state index contributed by atoms with van der Waals surface area (Å²) in [5, 5.41) is 5.52. The summed E-state index contributed by atoms with van der Waals surface area (Å²) in [6, 6.07) is 1.28. The van der Waals surface area contributed by atoms with E-state index in [2.05, 4.69) is 20.0 Å². The zero-order chi connectivity index (χ0) is 13.9. The number of hydrogen-bond donors (Lipinski definition) is 3. The summed E-state index contributed by atoms with van der Waals surface area (Å²) in [4.78, 5) is 7.27. The molecule has 0 saturated carbocycles. The van der Waals surface area contributed by atoms with Crippen molar-refractivity contribution in [3.63, 3.8) is 0 Å². The number of aromatic nitrogens is 2. The second-order valence-electron chi connectivity index (χ2n) is 4.10. The lowest BCUT2D eigenvalue weighted by atomic mass is 10.4. The quantitative estimate of drug-likeness (QED) is 0.749. The van der Waals surface area contributed by atoms with E-state index < -0.39 is 10.0 Å². The van der Waals surface area contributed by atoms with Gasteiger partial charge in [-0.2, -0.15) is 0 Å². The number of rotatable bonds is 6. The maximum absolute atomic E-state index is 12.2. The van der Waals surface area contributed by atoms with Crippen molar-refractivity contribution in [3.8, 4) is 0 Å². The van der Waals surface area contributed by atoms with E-state index in [9.17, 15) is 8.42 Å². The molecule has 0 saturated heterocycles. The number of nitrogens with zero attached hydrogens (tertiary/aromatic N) is 1. The molecule has 8 heteroatoms. The Labute approximate surface area is 116 Å². The number of hydrogen-bond acceptors (Lipinski definition) is 5. The van der Waals surface area contributed by atoms with Crippen molar-refractivity contribution in [2.45, 2.75) is 24.4 Å². The standard InChI is InChI=1S/C11H16N4O2S2/c1-8(11-13-3-4-18-11)15-19(16,17)10-5-9(6-12-2)14-7-10/h3-5,7-8,12,14-15H,6H2,1-2H3. The zero-order valence-electron chi connectivity index (χ0n) is 10.7. The van der Waals surface area contributed by atoms with Gasteiger partial charge in [0.1, 0.15) is 5.01 Å². The number of thiazole rings is 1. The Bertz CT molecular complexity index is 619. The summed E-state index contributed by atoms with van der Waals surface area (Å²) in [7, 11) is -1.72. The summed E-state index contributed by atoms with van der Waals surface area (Å²) in [5.74, 6) is 0. The van der Waals surface area contributed by atoms with Gasteiger partial charge in [-0.05, 0) is 20.0 Å². The smallest absolute Gasteiger partial charge is 0.242 e. The van der Waals surface area contributed by atoms with Crippen LogP contribution in [0, 0.1) is 0 Å². The molecule has 2 aromatic heterocycles. The molecule has 0 aliphatic heterocycles. The van der Waals surface area contributed by atoms with Gasteiger partial charge in [-0.25, -0.2) is 18.1 Å². The molecule has 0 amide bonds. The first-order valence-electron chi connectivity index (χ1n) is 5.76. The van der Waals surface area contributed by atoms with Crippen LogP contribution in [0.4, 0.5) is 0 Å². The number of nitrogens with one attached hydrogen (secondary N) is 3. The molecule has 1 unspecified atom stereocenters. The highest BCUT2D eigenvalue weighted by Crippen LogP contribution is 2.19. The van der Waals surface area contributed by atoms with Crippen LogP contribution in [0.15, 0.2) is 28.7 Å². The van der Waals surface area contributed by atoms with Crippen molar-refractivity contribution in [1.82, 2.24) is 20.0 Å². The summed E-state index contributed by atoms with van der Waals surface area (Å²) in [5.41, 5.74) is 0.824. The molecule has 0 aromatic carbocycles. The molecule has 2 heterocycles. The summed E-state index contributed by atoms with van der Waals surface area (Å²) < 4.78 is 27.0. The third-order valence-corrected chi connectivity index (χ3v) is 5.03. The molecule has 2 aromatic rings. The molecule has 0 bridgehead atoms. The Kier molecular flexibility index (Phi) is 4.35. The van der Waals surface area contributed by atoms with Crippen LogP contribution in [-0.2, 0) is 16.6 Å². The normalized spacial score (nSPS) is 13.6. The largest absolute Gasteiger partial charge is 0.363 e. The van der Waals surface area contributed by atoms with Crippen LogP contribution in [0.25, 0.3) is 0 Å². The van der Waals surface area contributed by atoms with Crippen LogP contribution in [0.2, 0.25) is 0 Å². The van der Waals surface area contributed by atoms with Crippen molar-refractivity contribution >= 4 is 21.4 Å². The Hall–Kier alpha value is -1.22. The number of sulfonamides is 1. The third kappa shape index (κ3) is 3.41. The first-order chi connectivity index (χ1) is 9.03. The van der Waals surface area contributed by atoms with Crippen LogP contribution in [0.1, 0.15) is 23.7 Å². The van der Waals surface area contributed by atoms with E-state index in [0.717, 1.165) is 10.7 Å². The molecular formula is C11H16N4O2S2. The Morgan fingerprint density at radius 1 is 1.53 bits per heavy atom. The third-order valence-electron chi connectivity index (χ3n) is 2.55. The van der Waals surface area contributed by atoms with Gasteiger partial charge in [0.2, 0.25) is 10.0 Å². The van der Waals surface area contributed by atoms with Crippen molar-refractivity contribution in [1.29, 1.82) is 0 Å². The molecule has 1 atom stereocenters. The molecule has 19 heavy (non-hydrogen) atoms. The van der Waals surface area contributed by atoms with E-state index in [1.54, 1.807) is 26.2 Å².